The zero-order chi connectivity index (χ0) is 20.8. The Bertz CT molecular complexity index is 1060. The van der Waals surface area contributed by atoms with Gasteiger partial charge in [0, 0.05) is 37.3 Å². The van der Waals surface area contributed by atoms with Crippen LogP contribution in [0.5, 0.6) is 11.5 Å². The predicted molar refractivity (Wildman–Crippen MR) is 120 cm³/mol. The van der Waals surface area contributed by atoms with Gasteiger partial charge in [-0.3, -0.25) is 9.69 Å². The van der Waals surface area contributed by atoms with Crippen LogP contribution in [-0.4, -0.2) is 30.4 Å². The van der Waals surface area contributed by atoms with Crippen LogP contribution >= 0.6 is 0 Å². The minimum atomic E-state index is -0.311. The molecule has 0 aromatic heterocycles. The molecule has 1 aliphatic carbocycles. The molecule has 2 heterocycles. The molecule has 3 aromatic carbocycles. The van der Waals surface area contributed by atoms with Crippen molar-refractivity contribution in [2.75, 3.05) is 19.6 Å². The minimum Gasteiger partial charge on any atom is -0.457 e. The summed E-state index contributed by atoms with van der Waals surface area (Å²) in [5.41, 5.74) is 3.28. The predicted octanol–water partition coefficient (Wildman–Crippen LogP) is 4.42. The summed E-state index contributed by atoms with van der Waals surface area (Å²) in [5.74, 6) is 3.38. The maximum Gasteiger partial charge on any atom is 0.232 e. The van der Waals surface area contributed by atoms with E-state index >= 15 is 0 Å². The van der Waals surface area contributed by atoms with E-state index in [4.69, 9.17) is 4.74 Å². The SMILES string of the molecule is O=C(NCC1C2CN(Cc3ccccc3)C[C@H]12)C1c2ccccc2Oc2ccccc21. The first-order chi connectivity index (χ1) is 15.3. The molecule has 3 aliphatic rings. The van der Waals surface area contributed by atoms with E-state index in [1.807, 2.05) is 48.5 Å². The van der Waals surface area contributed by atoms with Crippen molar-refractivity contribution in [1.29, 1.82) is 0 Å². The van der Waals surface area contributed by atoms with Crippen LogP contribution in [-0.2, 0) is 11.3 Å². The first-order valence-corrected chi connectivity index (χ1v) is 11.2. The Morgan fingerprint density at radius 2 is 1.42 bits per heavy atom. The largest absolute Gasteiger partial charge is 0.457 e. The highest BCUT2D eigenvalue weighted by Gasteiger charge is 2.55. The van der Waals surface area contributed by atoms with Gasteiger partial charge in [-0.15, -0.1) is 0 Å². The number of carbonyl (C=O) groups is 1. The molecule has 3 aromatic rings. The second-order valence-corrected chi connectivity index (χ2v) is 9.03. The standard InChI is InChI=1S/C27H26N2O2/c30-27(26-19-10-4-6-12-24(19)31-25-13-7-5-11-20(25)26)28-14-21-22-16-29(17-23(21)22)15-18-8-2-1-3-9-18/h1-13,21-23,26H,14-17H2,(H,28,30)/t21?,22-,23?/m1/s1. The fourth-order valence-electron chi connectivity index (χ4n) is 5.52. The first kappa shape index (κ1) is 18.6. The summed E-state index contributed by atoms with van der Waals surface area (Å²) in [6.45, 7) is 4.09. The number of ether oxygens (including phenoxy) is 1. The molecule has 4 heteroatoms. The average molecular weight is 411 g/mol. The number of piperidine rings is 1. The van der Waals surface area contributed by atoms with Crippen molar-refractivity contribution in [3.05, 3.63) is 95.6 Å². The summed E-state index contributed by atoms with van der Waals surface area (Å²) in [7, 11) is 0. The van der Waals surface area contributed by atoms with E-state index in [9.17, 15) is 4.79 Å². The van der Waals surface area contributed by atoms with E-state index in [-0.39, 0.29) is 11.8 Å². The number of fused-ring (bicyclic) bond motifs is 3. The van der Waals surface area contributed by atoms with Gasteiger partial charge in [0.2, 0.25) is 5.91 Å². The number of nitrogens with zero attached hydrogens (tertiary/aromatic N) is 1. The van der Waals surface area contributed by atoms with Gasteiger partial charge in [0.1, 0.15) is 11.5 Å². The molecule has 3 atom stereocenters. The summed E-state index contributed by atoms with van der Waals surface area (Å²) in [5, 5.41) is 3.28. The number of likely N-dealkylation sites (tertiary alicyclic amines) is 1. The van der Waals surface area contributed by atoms with Gasteiger partial charge in [-0.25, -0.2) is 0 Å². The van der Waals surface area contributed by atoms with Crippen molar-refractivity contribution < 1.29 is 9.53 Å². The van der Waals surface area contributed by atoms with Gasteiger partial charge in [-0.1, -0.05) is 66.7 Å². The van der Waals surface area contributed by atoms with Crippen molar-refractivity contribution in [1.82, 2.24) is 10.2 Å². The number of benzene rings is 3. The summed E-state index contributed by atoms with van der Waals surface area (Å²) < 4.78 is 6.03. The fraction of sp³-hybridized carbons (Fsp3) is 0.296. The van der Waals surface area contributed by atoms with Gasteiger partial charge < -0.3 is 10.1 Å². The molecule has 0 radical (unpaired) electrons. The van der Waals surface area contributed by atoms with Crippen LogP contribution in [0.2, 0.25) is 0 Å². The highest BCUT2D eigenvalue weighted by molar-refractivity contribution is 5.89. The smallest absolute Gasteiger partial charge is 0.232 e. The highest BCUT2D eigenvalue weighted by Crippen LogP contribution is 2.51. The maximum atomic E-state index is 13.3. The number of hydrogen-bond donors (Lipinski definition) is 1. The van der Waals surface area contributed by atoms with Gasteiger partial charge in [0.15, 0.2) is 0 Å². The Balaban J connectivity index is 1.09. The maximum absolute atomic E-state index is 13.3. The van der Waals surface area contributed by atoms with E-state index in [1.165, 1.54) is 5.56 Å². The molecule has 6 rings (SSSR count). The lowest BCUT2D eigenvalue weighted by Crippen LogP contribution is -2.34. The lowest BCUT2D eigenvalue weighted by molar-refractivity contribution is -0.121. The quantitative estimate of drug-likeness (QED) is 0.677. The number of carbonyl (C=O) groups excluding carboxylic acids is 1. The second kappa shape index (κ2) is 7.54. The molecule has 0 spiro atoms. The lowest BCUT2D eigenvalue weighted by atomic mass is 9.87. The molecule has 31 heavy (non-hydrogen) atoms. The van der Waals surface area contributed by atoms with Crippen molar-refractivity contribution in [3.63, 3.8) is 0 Å². The van der Waals surface area contributed by atoms with Crippen LogP contribution in [0.1, 0.15) is 22.6 Å². The topological polar surface area (TPSA) is 41.6 Å². The van der Waals surface area contributed by atoms with Crippen LogP contribution < -0.4 is 10.1 Å². The van der Waals surface area contributed by atoms with Gasteiger partial charge in [0.05, 0.1) is 5.92 Å². The third-order valence-corrected chi connectivity index (χ3v) is 7.15. The Kier molecular flexibility index (Phi) is 4.53. The minimum absolute atomic E-state index is 0.0781. The number of para-hydroxylation sites is 2. The number of rotatable bonds is 5. The molecule has 0 bridgehead atoms. The Labute approximate surface area is 182 Å². The Morgan fingerprint density at radius 1 is 0.839 bits per heavy atom. The molecule has 1 amide bonds. The van der Waals surface area contributed by atoms with E-state index in [0.717, 1.165) is 60.6 Å². The van der Waals surface area contributed by atoms with Gasteiger partial charge in [0.25, 0.3) is 0 Å². The lowest BCUT2D eigenvalue weighted by Gasteiger charge is -2.27. The summed E-state index contributed by atoms with van der Waals surface area (Å²) >= 11 is 0. The van der Waals surface area contributed by atoms with Gasteiger partial charge >= 0.3 is 0 Å². The summed E-state index contributed by atoms with van der Waals surface area (Å²) in [6, 6.07) is 26.4. The highest BCUT2D eigenvalue weighted by atomic mass is 16.5. The normalized spacial score (nSPS) is 23.9. The zero-order valence-electron chi connectivity index (χ0n) is 17.4. The molecule has 2 aliphatic heterocycles. The molecular formula is C27H26N2O2. The fourth-order valence-corrected chi connectivity index (χ4v) is 5.52. The molecule has 2 fully saturated rings. The van der Waals surface area contributed by atoms with Crippen molar-refractivity contribution in [3.8, 4) is 11.5 Å². The van der Waals surface area contributed by atoms with Crippen molar-refractivity contribution in [2.45, 2.75) is 12.5 Å². The van der Waals surface area contributed by atoms with Crippen LogP contribution in [0, 0.1) is 17.8 Å². The van der Waals surface area contributed by atoms with E-state index < -0.39 is 0 Å². The van der Waals surface area contributed by atoms with E-state index in [0.29, 0.717) is 5.92 Å². The van der Waals surface area contributed by atoms with Crippen LogP contribution in [0.25, 0.3) is 0 Å². The third-order valence-electron chi connectivity index (χ3n) is 7.15. The van der Waals surface area contributed by atoms with E-state index in [2.05, 4.69) is 40.5 Å². The second-order valence-electron chi connectivity index (χ2n) is 9.03. The molecule has 156 valence electrons. The van der Waals surface area contributed by atoms with Crippen molar-refractivity contribution in [2.24, 2.45) is 17.8 Å². The first-order valence-electron chi connectivity index (χ1n) is 11.2. The van der Waals surface area contributed by atoms with Crippen LogP contribution in [0.4, 0.5) is 0 Å². The average Bonchev–Trinajstić information content (AvgIpc) is 3.26. The van der Waals surface area contributed by atoms with Crippen LogP contribution in [0.3, 0.4) is 0 Å². The molecule has 1 saturated heterocycles. The summed E-state index contributed by atoms with van der Waals surface area (Å²) in [6.07, 6.45) is 0. The molecule has 2 unspecified atom stereocenters. The van der Waals surface area contributed by atoms with E-state index in [1.54, 1.807) is 0 Å². The Hall–Kier alpha value is -3.11. The van der Waals surface area contributed by atoms with Crippen molar-refractivity contribution >= 4 is 5.91 Å². The van der Waals surface area contributed by atoms with Gasteiger partial charge in [-0.2, -0.15) is 0 Å². The van der Waals surface area contributed by atoms with Crippen LogP contribution in [0.15, 0.2) is 78.9 Å². The monoisotopic (exact) mass is 410 g/mol. The Morgan fingerprint density at radius 3 is 2.06 bits per heavy atom. The molecular weight excluding hydrogens is 384 g/mol. The number of nitrogens with one attached hydrogen (secondary N) is 1. The number of amides is 1. The van der Waals surface area contributed by atoms with Gasteiger partial charge in [-0.05, 0) is 35.4 Å². The molecule has 1 saturated carbocycles. The third kappa shape index (κ3) is 3.41. The molecule has 4 nitrogen and oxygen atoms in total. The number of hydrogen-bond acceptors (Lipinski definition) is 3. The zero-order valence-corrected chi connectivity index (χ0v) is 17.4. The molecule has 1 N–H and O–H groups in total. The summed E-state index contributed by atoms with van der Waals surface area (Å²) in [4.78, 5) is 15.9.